The van der Waals surface area contributed by atoms with Crippen molar-refractivity contribution in [2.24, 2.45) is 5.73 Å². The van der Waals surface area contributed by atoms with E-state index in [-0.39, 0.29) is 12.0 Å². The summed E-state index contributed by atoms with van der Waals surface area (Å²) < 4.78 is 0. The zero-order valence-corrected chi connectivity index (χ0v) is 12.9. The van der Waals surface area contributed by atoms with E-state index in [1.54, 1.807) is 0 Å². The van der Waals surface area contributed by atoms with Crippen LogP contribution >= 0.6 is 0 Å². The Bertz CT molecular complexity index is 737. The van der Waals surface area contributed by atoms with Gasteiger partial charge in [0.05, 0.1) is 0 Å². The molecule has 0 aliphatic heterocycles. The Morgan fingerprint density at radius 3 is 2.23 bits per heavy atom. The molecule has 0 fully saturated rings. The van der Waals surface area contributed by atoms with Crippen molar-refractivity contribution < 1.29 is 0 Å². The van der Waals surface area contributed by atoms with Crippen molar-refractivity contribution in [1.82, 2.24) is 5.32 Å². The molecule has 0 aromatic heterocycles. The van der Waals surface area contributed by atoms with E-state index in [4.69, 9.17) is 5.73 Å². The van der Waals surface area contributed by atoms with E-state index in [1.807, 2.05) is 25.2 Å². The molecule has 0 radical (unpaired) electrons. The maximum absolute atomic E-state index is 6.56. The van der Waals surface area contributed by atoms with Crippen LogP contribution in [0.1, 0.15) is 23.1 Å². The van der Waals surface area contributed by atoms with Gasteiger partial charge in [0, 0.05) is 18.5 Å². The molecule has 0 aliphatic carbocycles. The number of hydrogen-bond donors (Lipinski definition) is 2. The monoisotopic (exact) mass is 290 g/mol. The molecule has 0 spiro atoms. The molecule has 3 rings (SSSR count). The van der Waals surface area contributed by atoms with Crippen LogP contribution in [-0.2, 0) is 0 Å². The normalized spacial score (nSPS) is 13.9. The second-order valence-corrected chi connectivity index (χ2v) is 5.71. The van der Waals surface area contributed by atoms with Crippen LogP contribution in [0.25, 0.3) is 10.8 Å². The van der Waals surface area contributed by atoms with Crippen molar-refractivity contribution in [2.45, 2.75) is 12.0 Å². The minimum atomic E-state index is -0.0187. The Morgan fingerprint density at radius 1 is 0.818 bits per heavy atom. The van der Waals surface area contributed by atoms with E-state index in [1.165, 1.54) is 21.9 Å². The van der Waals surface area contributed by atoms with Crippen LogP contribution in [0.2, 0.25) is 0 Å². The third-order valence-electron chi connectivity index (χ3n) is 4.24. The summed E-state index contributed by atoms with van der Waals surface area (Å²) in [5.74, 6) is 0.247. The Kier molecular flexibility index (Phi) is 4.52. The Labute approximate surface area is 132 Å². The lowest BCUT2D eigenvalue weighted by atomic mass is 9.86. The summed E-state index contributed by atoms with van der Waals surface area (Å²) in [6, 6.07) is 25.4. The van der Waals surface area contributed by atoms with Gasteiger partial charge in [0.1, 0.15) is 0 Å². The zero-order valence-electron chi connectivity index (χ0n) is 12.9. The van der Waals surface area contributed by atoms with E-state index in [0.29, 0.717) is 0 Å². The van der Waals surface area contributed by atoms with E-state index in [9.17, 15) is 0 Å². The summed E-state index contributed by atoms with van der Waals surface area (Å²) in [5, 5.41) is 5.82. The first-order chi connectivity index (χ1) is 10.8. The summed E-state index contributed by atoms with van der Waals surface area (Å²) in [6.07, 6.45) is 0. The van der Waals surface area contributed by atoms with Crippen LogP contribution in [0.4, 0.5) is 0 Å². The fraction of sp³-hybridized carbons (Fsp3) is 0.200. The van der Waals surface area contributed by atoms with Gasteiger partial charge in [0.25, 0.3) is 0 Å². The third-order valence-corrected chi connectivity index (χ3v) is 4.24. The van der Waals surface area contributed by atoms with Crippen LogP contribution in [0.5, 0.6) is 0 Å². The minimum absolute atomic E-state index is 0.0187. The number of likely N-dealkylation sites (N-methyl/N-ethyl adjacent to an activating group) is 1. The second-order valence-electron chi connectivity index (χ2n) is 5.71. The fourth-order valence-electron chi connectivity index (χ4n) is 3.02. The van der Waals surface area contributed by atoms with E-state index in [0.717, 1.165) is 6.54 Å². The van der Waals surface area contributed by atoms with Crippen molar-refractivity contribution in [2.75, 3.05) is 13.6 Å². The Balaban J connectivity index is 1.98. The molecule has 0 unspecified atom stereocenters. The summed E-state index contributed by atoms with van der Waals surface area (Å²) >= 11 is 0. The predicted octanol–water partition coefficient (Wildman–Crippen LogP) is 3.84. The first kappa shape index (κ1) is 14.8. The van der Waals surface area contributed by atoms with Crippen molar-refractivity contribution >= 4 is 10.8 Å². The average molecular weight is 290 g/mol. The molecule has 0 heterocycles. The van der Waals surface area contributed by atoms with E-state index in [2.05, 4.69) is 59.9 Å². The number of rotatable bonds is 5. The minimum Gasteiger partial charge on any atom is -0.323 e. The largest absolute Gasteiger partial charge is 0.323 e. The van der Waals surface area contributed by atoms with E-state index >= 15 is 0 Å². The first-order valence-corrected chi connectivity index (χ1v) is 7.73. The van der Waals surface area contributed by atoms with Gasteiger partial charge < -0.3 is 11.1 Å². The van der Waals surface area contributed by atoms with E-state index < -0.39 is 0 Å². The van der Waals surface area contributed by atoms with Crippen LogP contribution in [0.3, 0.4) is 0 Å². The molecule has 0 bridgehead atoms. The molecule has 0 saturated carbocycles. The SMILES string of the molecule is CNC[C@H](c1ccc2ccccc2c1)[C@H](N)c1ccccc1. The highest BCUT2D eigenvalue weighted by Crippen LogP contribution is 2.30. The number of hydrogen-bond acceptors (Lipinski definition) is 2. The van der Waals surface area contributed by atoms with Gasteiger partial charge >= 0.3 is 0 Å². The molecule has 2 nitrogen and oxygen atoms in total. The highest BCUT2D eigenvalue weighted by atomic mass is 14.8. The van der Waals surface area contributed by atoms with Crippen LogP contribution in [-0.4, -0.2) is 13.6 Å². The van der Waals surface area contributed by atoms with Gasteiger partial charge in [-0.2, -0.15) is 0 Å². The van der Waals surface area contributed by atoms with Crippen molar-refractivity contribution in [1.29, 1.82) is 0 Å². The van der Waals surface area contributed by atoms with Crippen LogP contribution in [0, 0.1) is 0 Å². The molecule has 3 aromatic rings. The smallest absolute Gasteiger partial charge is 0.0376 e. The Hall–Kier alpha value is -2.16. The number of fused-ring (bicyclic) bond motifs is 1. The lowest BCUT2D eigenvalue weighted by Gasteiger charge is -2.25. The van der Waals surface area contributed by atoms with Gasteiger partial charge in [0.2, 0.25) is 0 Å². The van der Waals surface area contributed by atoms with Gasteiger partial charge in [-0.1, -0.05) is 72.8 Å². The molecule has 3 N–H and O–H groups in total. The second kappa shape index (κ2) is 6.73. The molecule has 0 aliphatic rings. The maximum atomic E-state index is 6.56. The van der Waals surface area contributed by atoms with Gasteiger partial charge in [0.15, 0.2) is 0 Å². The average Bonchev–Trinajstić information content (AvgIpc) is 2.59. The molecule has 2 atom stereocenters. The quantitative estimate of drug-likeness (QED) is 0.749. The lowest BCUT2D eigenvalue weighted by molar-refractivity contribution is 0.527. The summed E-state index contributed by atoms with van der Waals surface area (Å²) in [7, 11) is 1.98. The topological polar surface area (TPSA) is 38.0 Å². The third kappa shape index (κ3) is 3.03. The molecule has 112 valence electrons. The molecule has 0 amide bonds. The van der Waals surface area contributed by atoms with Gasteiger partial charge in [-0.3, -0.25) is 0 Å². The zero-order chi connectivity index (χ0) is 15.4. The number of nitrogens with two attached hydrogens (primary N) is 1. The number of benzene rings is 3. The highest BCUT2D eigenvalue weighted by molar-refractivity contribution is 5.83. The Morgan fingerprint density at radius 2 is 1.50 bits per heavy atom. The first-order valence-electron chi connectivity index (χ1n) is 7.73. The standard InChI is InChI=1S/C20H22N2/c1-22-14-19(20(21)16-8-3-2-4-9-16)18-12-11-15-7-5-6-10-17(15)13-18/h2-13,19-20,22H,14,21H2,1H3/t19-,20-/m1/s1. The lowest BCUT2D eigenvalue weighted by Crippen LogP contribution is -2.28. The molecule has 0 saturated heterocycles. The highest BCUT2D eigenvalue weighted by Gasteiger charge is 2.20. The summed E-state index contributed by atoms with van der Waals surface area (Å²) in [4.78, 5) is 0. The van der Waals surface area contributed by atoms with Gasteiger partial charge in [-0.25, -0.2) is 0 Å². The predicted molar refractivity (Wildman–Crippen MR) is 94.0 cm³/mol. The fourth-order valence-corrected chi connectivity index (χ4v) is 3.02. The van der Waals surface area contributed by atoms with Gasteiger partial charge in [-0.05, 0) is 28.9 Å². The number of nitrogens with one attached hydrogen (secondary N) is 1. The summed E-state index contributed by atoms with van der Waals surface area (Å²) in [5.41, 5.74) is 9.02. The molecule has 3 aromatic carbocycles. The van der Waals surface area contributed by atoms with Crippen molar-refractivity contribution in [3.63, 3.8) is 0 Å². The van der Waals surface area contributed by atoms with Crippen molar-refractivity contribution in [3.8, 4) is 0 Å². The van der Waals surface area contributed by atoms with Crippen LogP contribution < -0.4 is 11.1 Å². The molecule has 22 heavy (non-hydrogen) atoms. The maximum Gasteiger partial charge on any atom is 0.0376 e. The summed E-state index contributed by atoms with van der Waals surface area (Å²) in [6.45, 7) is 0.856. The molecular weight excluding hydrogens is 268 g/mol. The molecular formula is C20H22N2. The molecule has 2 heteroatoms. The van der Waals surface area contributed by atoms with Crippen LogP contribution in [0.15, 0.2) is 72.8 Å². The van der Waals surface area contributed by atoms with Gasteiger partial charge in [-0.15, -0.1) is 0 Å². The van der Waals surface area contributed by atoms with Crippen molar-refractivity contribution in [3.05, 3.63) is 83.9 Å².